The van der Waals surface area contributed by atoms with Crippen LogP contribution in [0.25, 0.3) is 0 Å². The average molecular weight is 354 g/mol. The van der Waals surface area contributed by atoms with E-state index < -0.39 is 0 Å². The highest BCUT2D eigenvalue weighted by atomic mass is 127. The molecule has 0 N–H and O–H groups in total. The van der Waals surface area contributed by atoms with Crippen LogP contribution in [0, 0.1) is 5.92 Å². The lowest BCUT2D eigenvalue weighted by molar-refractivity contribution is 0.903. The van der Waals surface area contributed by atoms with Crippen molar-refractivity contribution in [3.8, 4) is 0 Å². The fraction of sp³-hybridized carbons (Fsp3) is 1.00. The average Bonchev–Trinajstić information content (AvgIpc) is 1.88. The minimum Gasteiger partial charge on any atom is -0.0763 e. The zero-order chi connectivity index (χ0) is 6.58. The van der Waals surface area contributed by atoms with E-state index in [-0.39, 0.29) is 3.23 Å². The second-order valence-electron chi connectivity index (χ2n) is 2.42. The van der Waals surface area contributed by atoms with Gasteiger partial charge in [-0.3, -0.25) is 0 Å². The highest BCUT2D eigenvalue weighted by Crippen LogP contribution is 2.69. The first-order chi connectivity index (χ1) is 3.40. The van der Waals surface area contributed by atoms with Crippen molar-refractivity contribution in [3.63, 3.8) is 0 Å². The number of hydrogen-bond donors (Lipinski definition) is 0. The summed E-state index contributed by atoms with van der Waals surface area (Å²) in [6.07, 6.45) is 0. The van der Waals surface area contributed by atoms with Crippen molar-refractivity contribution in [1.29, 1.82) is 0 Å². The highest BCUT2D eigenvalue weighted by Gasteiger charge is 2.67. The van der Waals surface area contributed by atoms with Gasteiger partial charge in [0.25, 0.3) is 0 Å². The zero-order valence-electron chi connectivity index (χ0n) is 4.71. The van der Waals surface area contributed by atoms with Crippen LogP contribution >= 0.6 is 54.5 Å². The van der Waals surface area contributed by atoms with Gasteiger partial charge in [-0.15, -0.1) is 0 Å². The Morgan fingerprint density at radius 3 is 1.62 bits per heavy atom. The molecule has 0 aromatic rings. The fourth-order valence-corrected chi connectivity index (χ4v) is 3.70. The Balaban J connectivity index is 2.72. The number of alkyl halides is 3. The minimum atomic E-state index is 0.216. The lowest BCUT2D eigenvalue weighted by atomic mass is 10.4. The molecule has 0 amide bonds. The van der Waals surface area contributed by atoms with Crippen LogP contribution in [0.15, 0.2) is 0 Å². The minimum absolute atomic E-state index is 0.216. The molecule has 0 aromatic carbocycles. The monoisotopic (exact) mass is 352 g/mol. The first kappa shape index (κ1) is 7.79. The molecule has 1 rings (SSSR count). The van der Waals surface area contributed by atoms with Crippen molar-refractivity contribution in [3.05, 3.63) is 0 Å². The standard InChI is InChI=1S/C5H7Br2I/c1-3-4(2,8)5(3,6)7/h3H,1-2H3/t3-,4-/m0/s1. The van der Waals surface area contributed by atoms with Crippen LogP contribution in [-0.2, 0) is 0 Å². The Hall–Kier alpha value is 1.69. The quantitative estimate of drug-likeness (QED) is 0.463. The molecule has 2 atom stereocenters. The molecule has 0 radical (unpaired) electrons. The number of hydrogen-bond acceptors (Lipinski definition) is 0. The molecule has 1 aliphatic carbocycles. The third-order valence-corrected chi connectivity index (χ3v) is 8.21. The topological polar surface area (TPSA) is 0 Å². The highest BCUT2D eigenvalue weighted by molar-refractivity contribution is 14.1. The first-order valence-corrected chi connectivity index (χ1v) is 5.14. The summed E-state index contributed by atoms with van der Waals surface area (Å²) in [4.78, 5) is 0. The smallest absolute Gasteiger partial charge is 0.0763 e. The second kappa shape index (κ2) is 1.84. The Morgan fingerprint density at radius 1 is 1.50 bits per heavy atom. The number of halogens is 3. The van der Waals surface area contributed by atoms with Crippen molar-refractivity contribution >= 4 is 54.5 Å². The molecule has 0 aliphatic heterocycles. The maximum Gasteiger partial charge on any atom is 0.0989 e. The summed E-state index contributed by atoms with van der Waals surface area (Å²) in [5.74, 6) is 0.732. The third kappa shape index (κ3) is 0.804. The van der Waals surface area contributed by atoms with Crippen molar-refractivity contribution in [2.75, 3.05) is 0 Å². The Labute approximate surface area is 80.2 Å². The number of rotatable bonds is 0. The van der Waals surface area contributed by atoms with E-state index in [4.69, 9.17) is 0 Å². The summed E-state index contributed by atoms with van der Waals surface area (Å²) in [5.41, 5.74) is 0. The van der Waals surface area contributed by atoms with Gasteiger partial charge in [0.2, 0.25) is 0 Å². The van der Waals surface area contributed by atoms with Gasteiger partial charge in [0.15, 0.2) is 0 Å². The molecule has 1 aliphatic rings. The molecule has 0 bridgehead atoms. The molecule has 0 unspecified atom stereocenters. The summed E-state index contributed by atoms with van der Waals surface area (Å²) in [6.45, 7) is 4.47. The lowest BCUT2D eigenvalue weighted by Gasteiger charge is -1.97. The van der Waals surface area contributed by atoms with Crippen molar-refractivity contribution in [2.24, 2.45) is 5.92 Å². The van der Waals surface area contributed by atoms with Gasteiger partial charge >= 0.3 is 0 Å². The van der Waals surface area contributed by atoms with Gasteiger partial charge in [0.1, 0.15) is 0 Å². The molecule has 48 valence electrons. The van der Waals surface area contributed by atoms with Crippen LogP contribution in [0.4, 0.5) is 0 Å². The summed E-state index contributed by atoms with van der Waals surface area (Å²) in [7, 11) is 0. The van der Waals surface area contributed by atoms with E-state index in [1.807, 2.05) is 0 Å². The largest absolute Gasteiger partial charge is 0.0989 e. The summed E-state index contributed by atoms with van der Waals surface area (Å²) in [5, 5.41) is 0. The lowest BCUT2D eigenvalue weighted by Crippen LogP contribution is -1.97. The summed E-state index contributed by atoms with van der Waals surface area (Å²) >= 11 is 9.63. The van der Waals surface area contributed by atoms with E-state index in [0.29, 0.717) is 3.42 Å². The van der Waals surface area contributed by atoms with E-state index >= 15 is 0 Å². The molecule has 0 spiro atoms. The van der Waals surface area contributed by atoms with Crippen LogP contribution < -0.4 is 0 Å². The predicted molar refractivity (Wildman–Crippen MR) is 52.2 cm³/mol. The maximum absolute atomic E-state index is 3.58. The van der Waals surface area contributed by atoms with E-state index in [0.717, 1.165) is 5.92 Å². The van der Waals surface area contributed by atoms with Crippen molar-refractivity contribution < 1.29 is 0 Å². The second-order valence-corrected chi connectivity index (χ2v) is 8.23. The molecule has 0 heterocycles. The van der Waals surface area contributed by atoms with Crippen LogP contribution in [0.1, 0.15) is 13.8 Å². The van der Waals surface area contributed by atoms with E-state index in [1.54, 1.807) is 0 Å². The molecule has 3 heteroatoms. The SMILES string of the molecule is C[C@@H]1C(Br)(Br)[C@@]1(C)I. The van der Waals surface area contributed by atoms with Gasteiger partial charge < -0.3 is 0 Å². The summed E-state index contributed by atoms with van der Waals surface area (Å²) in [6, 6.07) is 0. The molecular weight excluding hydrogens is 347 g/mol. The molecular formula is C5H7Br2I. The summed E-state index contributed by atoms with van der Waals surface area (Å²) < 4.78 is 0.623. The molecule has 1 saturated carbocycles. The van der Waals surface area contributed by atoms with Crippen molar-refractivity contribution in [2.45, 2.75) is 20.5 Å². The normalized spacial score (nSPS) is 51.4. The molecule has 0 nitrogen and oxygen atoms in total. The molecule has 0 aromatic heterocycles. The van der Waals surface area contributed by atoms with E-state index in [9.17, 15) is 0 Å². The van der Waals surface area contributed by atoms with E-state index in [2.05, 4.69) is 68.3 Å². The zero-order valence-corrected chi connectivity index (χ0v) is 10.0. The van der Waals surface area contributed by atoms with Gasteiger partial charge in [-0.05, 0) is 12.8 Å². The predicted octanol–water partition coefficient (Wildman–Crippen LogP) is 3.32. The van der Waals surface area contributed by atoms with Gasteiger partial charge in [-0.25, -0.2) is 0 Å². The molecule has 1 fully saturated rings. The first-order valence-electron chi connectivity index (χ1n) is 2.47. The van der Waals surface area contributed by atoms with Gasteiger partial charge in [-0.1, -0.05) is 61.4 Å². The maximum atomic E-state index is 3.58. The Morgan fingerprint density at radius 2 is 1.62 bits per heavy atom. The molecule has 0 saturated heterocycles. The Kier molecular flexibility index (Phi) is 1.80. The van der Waals surface area contributed by atoms with Crippen LogP contribution in [0.3, 0.4) is 0 Å². The third-order valence-electron chi connectivity index (χ3n) is 1.93. The van der Waals surface area contributed by atoms with Crippen LogP contribution in [0.2, 0.25) is 0 Å². The van der Waals surface area contributed by atoms with E-state index in [1.165, 1.54) is 0 Å². The fourth-order valence-electron chi connectivity index (χ4n) is 0.696. The van der Waals surface area contributed by atoms with Gasteiger partial charge in [0.05, 0.1) is 3.23 Å². The van der Waals surface area contributed by atoms with Gasteiger partial charge in [-0.2, -0.15) is 0 Å². The van der Waals surface area contributed by atoms with Crippen LogP contribution in [0.5, 0.6) is 0 Å². The van der Waals surface area contributed by atoms with Crippen molar-refractivity contribution in [1.82, 2.24) is 0 Å². The van der Waals surface area contributed by atoms with Crippen LogP contribution in [-0.4, -0.2) is 6.66 Å². The Bertz CT molecular complexity index is 106. The van der Waals surface area contributed by atoms with Gasteiger partial charge in [0, 0.05) is 3.42 Å². The molecule has 8 heavy (non-hydrogen) atoms.